The first-order valence-corrected chi connectivity index (χ1v) is 12.9. The van der Waals surface area contributed by atoms with Gasteiger partial charge in [-0.25, -0.2) is 19.4 Å². The van der Waals surface area contributed by atoms with Gasteiger partial charge >= 0.3 is 6.03 Å². The van der Waals surface area contributed by atoms with E-state index >= 15 is 0 Å². The first-order chi connectivity index (χ1) is 17.6. The van der Waals surface area contributed by atoms with Crippen molar-refractivity contribution in [2.75, 3.05) is 11.1 Å². The molecule has 3 heterocycles. The van der Waals surface area contributed by atoms with Gasteiger partial charge in [-0.1, -0.05) is 38.5 Å². The van der Waals surface area contributed by atoms with Gasteiger partial charge in [0.1, 0.15) is 23.6 Å². The fourth-order valence-corrected chi connectivity index (χ4v) is 5.18. The molecular formula is C28H36N8O. The molecule has 4 N–H and O–H groups in total. The Bertz CT molecular complexity index is 1420. The molecule has 3 aromatic heterocycles. The molecule has 0 aliphatic heterocycles. The number of aromatic nitrogens is 5. The fraction of sp³-hybridized carbons (Fsp3) is 0.429. The standard InChI is InChI=1S/C28H36N8O/c1-17-6-12-20(13-7-17)36-23(14-22(34-36)28(2,3)4)33-27(37)32-19-10-8-18(9-11-19)21-15-35(5)26-24(21)25(29)30-16-31-26/h6-7,12-16,18-19H,8-11H2,1-5H3,(H2,29,30,31)(H2,32,33,37)/t18-,19+. The van der Waals surface area contributed by atoms with Crippen LogP contribution in [0.4, 0.5) is 16.4 Å². The molecule has 0 atom stereocenters. The highest BCUT2D eigenvalue weighted by atomic mass is 16.2. The minimum absolute atomic E-state index is 0.109. The zero-order chi connectivity index (χ0) is 26.3. The normalized spacial score (nSPS) is 18.2. The number of hydrogen-bond acceptors (Lipinski definition) is 5. The molecule has 1 aromatic carbocycles. The van der Waals surface area contributed by atoms with Crippen molar-refractivity contribution in [2.45, 2.75) is 70.8 Å². The maximum absolute atomic E-state index is 13.1. The summed E-state index contributed by atoms with van der Waals surface area (Å²) < 4.78 is 3.83. The van der Waals surface area contributed by atoms with Crippen LogP contribution in [-0.2, 0) is 12.5 Å². The summed E-state index contributed by atoms with van der Waals surface area (Å²) in [7, 11) is 1.99. The van der Waals surface area contributed by atoms with Crippen molar-refractivity contribution in [3.63, 3.8) is 0 Å². The number of hydrogen-bond donors (Lipinski definition) is 3. The van der Waals surface area contributed by atoms with E-state index in [9.17, 15) is 4.79 Å². The van der Waals surface area contributed by atoms with E-state index in [1.165, 1.54) is 17.5 Å². The largest absolute Gasteiger partial charge is 0.383 e. The minimum atomic E-state index is -0.208. The third-order valence-electron chi connectivity index (χ3n) is 7.31. The first kappa shape index (κ1) is 24.8. The number of benzene rings is 1. The molecule has 9 heteroatoms. The Hall–Kier alpha value is -3.88. The molecule has 194 valence electrons. The number of rotatable bonds is 4. The van der Waals surface area contributed by atoms with Gasteiger partial charge in [0, 0.05) is 30.8 Å². The third-order valence-corrected chi connectivity index (χ3v) is 7.31. The molecule has 1 saturated carbocycles. The first-order valence-electron chi connectivity index (χ1n) is 12.9. The average molecular weight is 501 g/mol. The van der Waals surface area contributed by atoms with Crippen molar-refractivity contribution >= 4 is 28.7 Å². The quantitative estimate of drug-likeness (QED) is 0.357. The number of carbonyl (C=O) groups is 1. The van der Waals surface area contributed by atoms with Gasteiger partial charge in [-0.2, -0.15) is 5.10 Å². The van der Waals surface area contributed by atoms with E-state index in [2.05, 4.69) is 54.5 Å². The van der Waals surface area contributed by atoms with Crippen molar-refractivity contribution in [2.24, 2.45) is 7.05 Å². The van der Waals surface area contributed by atoms with E-state index < -0.39 is 0 Å². The smallest absolute Gasteiger partial charge is 0.320 e. The number of amides is 2. The maximum atomic E-state index is 13.1. The van der Waals surface area contributed by atoms with Crippen LogP contribution in [0.15, 0.2) is 42.9 Å². The Morgan fingerprint density at radius 1 is 1.08 bits per heavy atom. The van der Waals surface area contributed by atoms with E-state index in [1.54, 1.807) is 0 Å². The molecule has 0 saturated heterocycles. The highest BCUT2D eigenvalue weighted by Gasteiger charge is 2.28. The average Bonchev–Trinajstić information content (AvgIpc) is 3.42. The lowest BCUT2D eigenvalue weighted by Gasteiger charge is -2.29. The van der Waals surface area contributed by atoms with Crippen LogP contribution in [0, 0.1) is 6.92 Å². The number of fused-ring (bicyclic) bond motifs is 1. The topological polar surface area (TPSA) is 116 Å². The molecule has 0 spiro atoms. The summed E-state index contributed by atoms with van der Waals surface area (Å²) in [6, 6.07) is 9.99. The molecule has 1 aliphatic carbocycles. The number of nitrogen functional groups attached to an aromatic ring is 1. The number of urea groups is 1. The van der Waals surface area contributed by atoms with Gasteiger partial charge in [-0.05, 0) is 56.2 Å². The summed E-state index contributed by atoms with van der Waals surface area (Å²) in [5.41, 5.74) is 11.1. The van der Waals surface area contributed by atoms with E-state index in [-0.39, 0.29) is 17.5 Å². The van der Waals surface area contributed by atoms with Crippen molar-refractivity contribution in [3.8, 4) is 5.69 Å². The molecule has 1 aliphatic rings. The van der Waals surface area contributed by atoms with Gasteiger partial charge in [-0.3, -0.25) is 5.32 Å². The number of nitrogens with two attached hydrogens (primary N) is 1. The van der Waals surface area contributed by atoms with Crippen LogP contribution in [0.5, 0.6) is 0 Å². The van der Waals surface area contributed by atoms with Crippen LogP contribution in [0.2, 0.25) is 0 Å². The molecule has 0 bridgehead atoms. The summed E-state index contributed by atoms with van der Waals surface area (Å²) in [5.74, 6) is 1.56. The van der Waals surface area contributed by atoms with E-state index in [1.807, 2.05) is 46.6 Å². The summed E-state index contributed by atoms with van der Waals surface area (Å²) in [6.07, 6.45) is 7.36. The molecule has 0 unspecified atom stereocenters. The van der Waals surface area contributed by atoms with E-state index in [0.29, 0.717) is 17.6 Å². The molecule has 1 fully saturated rings. The van der Waals surface area contributed by atoms with Gasteiger partial charge in [0.15, 0.2) is 0 Å². The van der Waals surface area contributed by atoms with Gasteiger partial charge in [-0.15, -0.1) is 0 Å². The van der Waals surface area contributed by atoms with Crippen LogP contribution in [0.25, 0.3) is 16.7 Å². The molecule has 2 amide bonds. The predicted molar refractivity (Wildman–Crippen MR) is 147 cm³/mol. The maximum Gasteiger partial charge on any atom is 0.320 e. The lowest BCUT2D eigenvalue weighted by atomic mass is 9.82. The molecule has 4 aromatic rings. The van der Waals surface area contributed by atoms with E-state index in [4.69, 9.17) is 10.8 Å². The van der Waals surface area contributed by atoms with Crippen LogP contribution in [0.3, 0.4) is 0 Å². The van der Waals surface area contributed by atoms with Gasteiger partial charge in [0.2, 0.25) is 0 Å². The summed E-state index contributed by atoms with van der Waals surface area (Å²) in [4.78, 5) is 21.7. The summed E-state index contributed by atoms with van der Waals surface area (Å²) >= 11 is 0. The predicted octanol–water partition coefficient (Wildman–Crippen LogP) is 5.19. The Morgan fingerprint density at radius 2 is 1.78 bits per heavy atom. The van der Waals surface area contributed by atoms with Crippen molar-refractivity contribution in [3.05, 3.63) is 59.7 Å². The monoisotopic (exact) mass is 500 g/mol. The second-order valence-electron chi connectivity index (χ2n) is 11.2. The Kier molecular flexibility index (Phi) is 6.39. The molecule has 5 rings (SSSR count). The Balaban J connectivity index is 1.27. The SMILES string of the molecule is Cc1ccc(-n2nc(C(C)(C)C)cc2NC(=O)N[C@H]2CC[C@@H](c3cn(C)c4ncnc(N)c43)CC2)cc1. The zero-order valence-corrected chi connectivity index (χ0v) is 22.2. The Labute approximate surface area is 217 Å². The highest BCUT2D eigenvalue weighted by Crippen LogP contribution is 2.38. The molecule has 37 heavy (non-hydrogen) atoms. The second kappa shape index (κ2) is 9.53. The Morgan fingerprint density at radius 3 is 2.46 bits per heavy atom. The zero-order valence-electron chi connectivity index (χ0n) is 22.2. The number of nitrogens with zero attached hydrogens (tertiary/aromatic N) is 5. The van der Waals surface area contributed by atoms with E-state index in [0.717, 1.165) is 48.1 Å². The van der Waals surface area contributed by atoms with Crippen molar-refractivity contribution in [1.82, 2.24) is 29.6 Å². The van der Waals surface area contributed by atoms with Crippen LogP contribution < -0.4 is 16.4 Å². The molecule has 9 nitrogen and oxygen atoms in total. The molecular weight excluding hydrogens is 464 g/mol. The highest BCUT2D eigenvalue weighted by molar-refractivity contribution is 5.90. The second-order valence-corrected chi connectivity index (χ2v) is 11.2. The summed E-state index contributed by atoms with van der Waals surface area (Å²) in [5, 5.41) is 12.0. The van der Waals surface area contributed by atoms with Crippen LogP contribution >= 0.6 is 0 Å². The lowest BCUT2D eigenvalue weighted by Crippen LogP contribution is -2.40. The van der Waals surface area contributed by atoms with Crippen LogP contribution in [-0.4, -0.2) is 36.4 Å². The number of anilines is 2. The van der Waals surface area contributed by atoms with Crippen molar-refractivity contribution < 1.29 is 4.79 Å². The summed E-state index contributed by atoms with van der Waals surface area (Å²) in [6.45, 7) is 8.41. The number of nitrogens with one attached hydrogen (secondary N) is 2. The van der Waals surface area contributed by atoms with Gasteiger partial charge in [0.25, 0.3) is 0 Å². The lowest BCUT2D eigenvalue weighted by molar-refractivity contribution is 0.242. The fourth-order valence-electron chi connectivity index (χ4n) is 5.18. The van der Waals surface area contributed by atoms with Gasteiger partial charge in [0.05, 0.1) is 16.8 Å². The number of aryl methyl sites for hydroxylation is 2. The minimum Gasteiger partial charge on any atom is -0.383 e. The molecule has 0 radical (unpaired) electrons. The van der Waals surface area contributed by atoms with Gasteiger partial charge < -0.3 is 15.6 Å². The third kappa shape index (κ3) is 5.03. The number of carbonyl (C=O) groups excluding carboxylic acids is 1. The van der Waals surface area contributed by atoms with Crippen LogP contribution in [0.1, 0.15) is 69.2 Å². The van der Waals surface area contributed by atoms with Crippen molar-refractivity contribution in [1.29, 1.82) is 0 Å².